The minimum atomic E-state index is -1.08. The molecule has 1 unspecified atom stereocenters. The van der Waals surface area contributed by atoms with E-state index in [1.54, 1.807) is 38.1 Å². The van der Waals surface area contributed by atoms with Gasteiger partial charge in [-0.15, -0.1) is 0 Å². The van der Waals surface area contributed by atoms with Crippen LogP contribution in [0, 0.1) is 0 Å². The molecular formula is C29H32N4O9. The molecule has 7 rings (SSSR count). The number of β-amino-alcohol motifs (C(OH)–C–C–N with tert-alkyl or cyclic N) is 1. The molecule has 0 saturated carbocycles. The minimum absolute atomic E-state index is 0.118. The molecule has 0 radical (unpaired) electrons. The van der Waals surface area contributed by atoms with E-state index in [0.717, 1.165) is 5.56 Å². The highest BCUT2D eigenvalue weighted by Gasteiger charge is 2.66. The fourth-order valence-electron chi connectivity index (χ4n) is 6.45. The van der Waals surface area contributed by atoms with Crippen molar-refractivity contribution in [3.8, 4) is 0 Å². The first-order chi connectivity index (χ1) is 20.3. The van der Waals surface area contributed by atoms with Crippen LogP contribution in [0.1, 0.15) is 36.1 Å². The maximum atomic E-state index is 13.0. The first kappa shape index (κ1) is 27.7. The molecular weight excluding hydrogens is 548 g/mol. The van der Waals surface area contributed by atoms with Crippen molar-refractivity contribution in [1.82, 2.24) is 4.90 Å². The minimum Gasteiger partial charge on any atom is -0.430 e. The fraction of sp³-hybridized carbons (Fsp3) is 0.552. The Morgan fingerprint density at radius 2 is 1.81 bits per heavy atom. The summed E-state index contributed by atoms with van der Waals surface area (Å²) < 4.78 is 42.2. The second-order valence-electron chi connectivity index (χ2n) is 11.5. The molecule has 13 heteroatoms. The van der Waals surface area contributed by atoms with Crippen molar-refractivity contribution in [2.75, 3.05) is 13.2 Å². The van der Waals surface area contributed by atoms with Crippen molar-refractivity contribution in [3.05, 3.63) is 82.2 Å². The summed E-state index contributed by atoms with van der Waals surface area (Å²) in [6.45, 7) is 3.85. The number of aliphatic hydroxyl groups excluding tert-OH is 1. The lowest BCUT2D eigenvalue weighted by Gasteiger charge is -2.40. The van der Waals surface area contributed by atoms with Crippen LogP contribution in [0.4, 0.5) is 0 Å². The summed E-state index contributed by atoms with van der Waals surface area (Å²) in [5, 5.41) is 15.3. The van der Waals surface area contributed by atoms with Crippen LogP contribution in [0.2, 0.25) is 0 Å². The molecule has 0 amide bonds. The van der Waals surface area contributed by atoms with Gasteiger partial charge >= 0.3 is 5.97 Å². The van der Waals surface area contributed by atoms with Crippen LogP contribution in [-0.4, -0.2) is 96.1 Å². The van der Waals surface area contributed by atoms with Gasteiger partial charge in [0.2, 0.25) is 6.29 Å². The Hall–Kier alpha value is -3.10. The molecule has 42 heavy (non-hydrogen) atoms. The number of ether oxygens (including phenoxy) is 7. The van der Waals surface area contributed by atoms with Crippen molar-refractivity contribution < 1.29 is 43.1 Å². The van der Waals surface area contributed by atoms with Crippen LogP contribution in [-0.2, 0) is 33.2 Å². The first-order valence-electron chi connectivity index (χ1n) is 14.1. The average molecular weight is 581 g/mol. The van der Waals surface area contributed by atoms with E-state index in [1.807, 2.05) is 41.3 Å². The second kappa shape index (κ2) is 10.9. The molecule has 5 fully saturated rings. The van der Waals surface area contributed by atoms with Crippen molar-refractivity contribution >= 4 is 5.97 Å². The summed E-state index contributed by atoms with van der Waals surface area (Å²) in [4.78, 5) is 17.9. The van der Waals surface area contributed by atoms with Gasteiger partial charge in [-0.2, -0.15) is 0 Å². The molecule has 0 bridgehead atoms. The zero-order valence-electron chi connectivity index (χ0n) is 23.0. The van der Waals surface area contributed by atoms with Gasteiger partial charge in [0.25, 0.3) is 0 Å². The van der Waals surface area contributed by atoms with Gasteiger partial charge in [-0.25, -0.2) is 4.79 Å². The van der Waals surface area contributed by atoms with E-state index >= 15 is 0 Å². The van der Waals surface area contributed by atoms with E-state index < -0.39 is 67.2 Å². The highest BCUT2D eigenvalue weighted by atomic mass is 16.8. The summed E-state index contributed by atoms with van der Waals surface area (Å²) >= 11 is 0. The summed E-state index contributed by atoms with van der Waals surface area (Å²) in [5.74, 6) is -1.42. The summed E-state index contributed by atoms with van der Waals surface area (Å²) in [5.41, 5.74) is 10.5. The van der Waals surface area contributed by atoms with E-state index in [0.29, 0.717) is 5.56 Å². The lowest BCUT2D eigenvalue weighted by atomic mass is 10.0. The Morgan fingerprint density at radius 1 is 1.07 bits per heavy atom. The number of fused-ring (bicyclic) bond motifs is 4. The van der Waals surface area contributed by atoms with Gasteiger partial charge < -0.3 is 38.3 Å². The van der Waals surface area contributed by atoms with Crippen LogP contribution in [0.15, 0.2) is 65.8 Å². The number of benzene rings is 2. The Morgan fingerprint density at radius 3 is 2.55 bits per heavy atom. The SMILES string of the molecule is CC1(C)O[C@H]2O[C@H]([C@@H](O)CN3[C@@H]4[C@@H]5O[C@H](c6ccccc6)OC[C@H]5O[C@H](OC(=O)c5ccccc5)[C@@H]43)[C@H](N=[N+]=[N-])[C@H]2O1. The lowest BCUT2D eigenvalue weighted by Crippen LogP contribution is -2.53. The maximum absolute atomic E-state index is 13.0. The van der Waals surface area contributed by atoms with Crippen LogP contribution in [0.5, 0.6) is 0 Å². The van der Waals surface area contributed by atoms with E-state index in [9.17, 15) is 15.4 Å². The van der Waals surface area contributed by atoms with Gasteiger partial charge in [-0.3, -0.25) is 4.90 Å². The summed E-state index contributed by atoms with van der Waals surface area (Å²) in [6.07, 6.45) is -5.78. The largest absolute Gasteiger partial charge is 0.430 e. The second-order valence-corrected chi connectivity index (χ2v) is 11.5. The molecule has 5 heterocycles. The quantitative estimate of drug-likeness (QED) is 0.170. The van der Waals surface area contributed by atoms with Crippen LogP contribution < -0.4 is 0 Å². The summed E-state index contributed by atoms with van der Waals surface area (Å²) in [6, 6.07) is 16.9. The number of hydrogen-bond donors (Lipinski definition) is 1. The topological polar surface area (TPSA) is 154 Å². The Labute approximate surface area is 241 Å². The van der Waals surface area contributed by atoms with Crippen LogP contribution in [0.25, 0.3) is 10.4 Å². The number of aliphatic hydroxyl groups is 1. The predicted molar refractivity (Wildman–Crippen MR) is 142 cm³/mol. The highest BCUT2D eigenvalue weighted by molar-refractivity contribution is 5.89. The Bertz CT molecular complexity index is 1340. The Balaban J connectivity index is 1.10. The zero-order chi connectivity index (χ0) is 29.0. The standard InChI is InChI=1S/C29H32N4O9/c1-29(2)41-24-19(31-32-30)22(38-28(24)42-29)17(34)13-33-20-21(33)27(40-25(35)15-9-5-3-6-10-15)37-18-14-36-26(39-23(18)20)16-11-7-4-8-12-16/h3-12,17-24,26-28,34H,13-14H2,1-2H3/t17-,18+,19-,20-,21+,22+,23+,24+,26+,27+,28+,33?/m0/s1. The molecule has 2 aromatic carbocycles. The Kier molecular flexibility index (Phi) is 7.17. The molecule has 222 valence electrons. The van der Waals surface area contributed by atoms with E-state index in [2.05, 4.69) is 10.0 Å². The van der Waals surface area contributed by atoms with Crippen molar-refractivity contribution in [1.29, 1.82) is 0 Å². The monoisotopic (exact) mass is 580 g/mol. The third kappa shape index (κ3) is 5.06. The fourth-order valence-corrected chi connectivity index (χ4v) is 6.45. The summed E-state index contributed by atoms with van der Waals surface area (Å²) in [7, 11) is 0. The smallest absolute Gasteiger partial charge is 0.340 e. The highest BCUT2D eigenvalue weighted by Crippen LogP contribution is 2.47. The molecule has 0 spiro atoms. The number of nitrogens with zero attached hydrogens (tertiary/aromatic N) is 4. The molecule has 12 atom stereocenters. The molecule has 1 N–H and O–H groups in total. The van der Waals surface area contributed by atoms with Crippen molar-refractivity contribution in [3.63, 3.8) is 0 Å². The number of carbonyl (C=O) groups excluding carboxylic acids is 1. The molecule has 0 aromatic heterocycles. The van der Waals surface area contributed by atoms with Crippen molar-refractivity contribution in [2.24, 2.45) is 5.11 Å². The third-order valence-electron chi connectivity index (χ3n) is 8.33. The van der Waals surface area contributed by atoms with Gasteiger partial charge in [0, 0.05) is 17.0 Å². The third-order valence-corrected chi connectivity index (χ3v) is 8.33. The van der Waals surface area contributed by atoms with Gasteiger partial charge in [0.15, 0.2) is 18.4 Å². The van der Waals surface area contributed by atoms with E-state index in [4.69, 9.17) is 33.2 Å². The zero-order valence-corrected chi connectivity index (χ0v) is 23.0. The van der Waals surface area contributed by atoms with E-state index in [1.165, 1.54) is 0 Å². The first-order valence-corrected chi connectivity index (χ1v) is 14.1. The number of hydrogen-bond acceptors (Lipinski definition) is 11. The van der Waals surface area contributed by atoms with Gasteiger partial charge in [-0.05, 0) is 31.5 Å². The number of azide groups is 1. The van der Waals surface area contributed by atoms with Crippen LogP contribution in [0.3, 0.4) is 0 Å². The van der Waals surface area contributed by atoms with Crippen LogP contribution >= 0.6 is 0 Å². The average Bonchev–Trinajstić information content (AvgIpc) is 3.50. The molecule has 13 nitrogen and oxygen atoms in total. The predicted octanol–water partition coefficient (Wildman–Crippen LogP) is 2.65. The molecule has 0 aliphatic carbocycles. The lowest BCUT2D eigenvalue weighted by molar-refractivity contribution is -0.300. The maximum Gasteiger partial charge on any atom is 0.340 e. The molecule has 5 aliphatic heterocycles. The number of rotatable bonds is 7. The van der Waals surface area contributed by atoms with Gasteiger partial charge in [0.05, 0.1) is 42.5 Å². The molecule has 5 aliphatic rings. The normalized spacial score (nSPS) is 40.1. The number of esters is 1. The number of carbonyl (C=O) groups is 1. The van der Waals surface area contributed by atoms with Gasteiger partial charge in [-0.1, -0.05) is 53.6 Å². The van der Waals surface area contributed by atoms with Gasteiger partial charge in [0.1, 0.15) is 18.3 Å². The molecule has 5 saturated heterocycles. The van der Waals surface area contributed by atoms with E-state index in [-0.39, 0.29) is 25.2 Å². The molecule has 2 aromatic rings. The van der Waals surface area contributed by atoms with Crippen molar-refractivity contribution in [2.45, 2.75) is 87.2 Å².